The lowest BCUT2D eigenvalue weighted by atomic mass is 10.00. The van der Waals surface area contributed by atoms with Crippen LogP contribution in [0.4, 0.5) is 0 Å². The zero-order valence-electron chi connectivity index (χ0n) is 18.1. The summed E-state index contributed by atoms with van der Waals surface area (Å²) in [5.41, 5.74) is 3.13. The summed E-state index contributed by atoms with van der Waals surface area (Å²) in [5, 5.41) is 2.08. The summed E-state index contributed by atoms with van der Waals surface area (Å²) in [6.07, 6.45) is 1.70. The quantitative estimate of drug-likeness (QED) is 0.509. The maximum absolute atomic E-state index is 13.2. The van der Waals surface area contributed by atoms with Crippen molar-refractivity contribution in [1.29, 1.82) is 0 Å². The minimum atomic E-state index is -0.147. The summed E-state index contributed by atoms with van der Waals surface area (Å²) in [6.45, 7) is 3.98. The zero-order valence-corrected chi connectivity index (χ0v) is 19.0. The number of allylic oxidation sites excluding steroid dienone is 1. The lowest BCUT2D eigenvalue weighted by Crippen LogP contribution is -2.31. The summed E-state index contributed by atoms with van der Waals surface area (Å²) in [6, 6.07) is 11.5. The third-order valence-electron chi connectivity index (χ3n) is 5.68. The Morgan fingerprint density at radius 2 is 2.03 bits per heavy atom. The van der Waals surface area contributed by atoms with Gasteiger partial charge in [-0.1, -0.05) is 6.07 Å². The molecule has 7 heteroatoms. The van der Waals surface area contributed by atoms with E-state index in [0.717, 1.165) is 30.0 Å². The van der Waals surface area contributed by atoms with Crippen LogP contribution in [0.5, 0.6) is 23.0 Å². The van der Waals surface area contributed by atoms with Gasteiger partial charge in [0.25, 0.3) is 0 Å². The highest BCUT2D eigenvalue weighted by molar-refractivity contribution is 7.09. The van der Waals surface area contributed by atoms with Gasteiger partial charge in [0.05, 0.1) is 19.8 Å². The molecule has 0 radical (unpaired) electrons. The first-order valence-corrected chi connectivity index (χ1v) is 11.2. The maximum Gasteiger partial charge on any atom is 0.231 e. The monoisotopic (exact) mass is 449 g/mol. The Balaban J connectivity index is 1.46. The molecule has 164 valence electrons. The number of hydrogen-bond acceptors (Lipinski definition) is 7. The average Bonchev–Trinajstić information content (AvgIpc) is 3.42. The Morgan fingerprint density at radius 1 is 1.16 bits per heavy atom. The smallest absolute Gasteiger partial charge is 0.231 e. The normalized spacial score (nSPS) is 16.3. The van der Waals surface area contributed by atoms with Crippen LogP contribution in [0.3, 0.4) is 0 Å². The van der Waals surface area contributed by atoms with Crippen molar-refractivity contribution < 1.29 is 23.7 Å². The minimum Gasteiger partial charge on any atom is -0.497 e. The molecular weight excluding hydrogens is 426 g/mol. The molecule has 0 saturated carbocycles. The lowest BCUT2D eigenvalue weighted by Gasteiger charge is -2.30. The number of carbonyl (C=O) groups excluding carboxylic acids is 1. The Kier molecular flexibility index (Phi) is 5.36. The molecule has 3 heterocycles. The number of rotatable bonds is 5. The van der Waals surface area contributed by atoms with Gasteiger partial charge in [0.15, 0.2) is 5.76 Å². The van der Waals surface area contributed by atoms with E-state index < -0.39 is 0 Å². The van der Waals surface area contributed by atoms with Crippen LogP contribution >= 0.6 is 11.3 Å². The first-order chi connectivity index (χ1) is 15.6. The van der Waals surface area contributed by atoms with Crippen molar-refractivity contribution in [3.8, 4) is 23.0 Å². The molecule has 5 rings (SSSR count). The standard InChI is InChI=1S/C25H23NO5S/c1-15-24-17(12-26(14-30-24)13-19-5-4-8-32-19)10-20-23(27)22(31-25(15)20)11-16-9-18(28-2)6-7-21(16)29-3/h4-11H,12-14H2,1-3H3/b22-11-. The van der Waals surface area contributed by atoms with E-state index in [9.17, 15) is 4.79 Å². The number of benzene rings is 2. The first-order valence-electron chi connectivity index (χ1n) is 10.3. The Bertz CT molecular complexity index is 1220. The molecule has 0 unspecified atom stereocenters. The van der Waals surface area contributed by atoms with Gasteiger partial charge in [0.2, 0.25) is 5.78 Å². The van der Waals surface area contributed by atoms with Gasteiger partial charge < -0.3 is 18.9 Å². The molecule has 0 amide bonds. The van der Waals surface area contributed by atoms with Crippen LogP contribution in [0, 0.1) is 6.92 Å². The van der Waals surface area contributed by atoms with E-state index in [1.807, 2.05) is 25.1 Å². The molecule has 3 aromatic rings. The van der Waals surface area contributed by atoms with Crippen molar-refractivity contribution in [2.45, 2.75) is 20.0 Å². The average molecular weight is 450 g/mol. The van der Waals surface area contributed by atoms with Crippen LogP contribution in [0.25, 0.3) is 6.08 Å². The first kappa shape index (κ1) is 20.6. The van der Waals surface area contributed by atoms with Gasteiger partial charge in [-0.3, -0.25) is 9.69 Å². The minimum absolute atomic E-state index is 0.147. The zero-order chi connectivity index (χ0) is 22.2. The van der Waals surface area contributed by atoms with E-state index in [-0.39, 0.29) is 11.5 Å². The molecule has 0 fully saturated rings. The van der Waals surface area contributed by atoms with Crippen molar-refractivity contribution >= 4 is 23.2 Å². The Labute approximate surface area is 190 Å². The van der Waals surface area contributed by atoms with Crippen molar-refractivity contribution in [1.82, 2.24) is 4.90 Å². The number of carbonyl (C=O) groups is 1. The van der Waals surface area contributed by atoms with Gasteiger partial charge >= 0.3 is 0 Å². The molecule has 0 saturated heterocycles. The highest BCUT2D eigenvalue weighted by Gasteiger charge is 2.33. The van der Waals surface area contributed by atoms with Gasteiger partial charge in [-0.25, -0.2) is 0 Å². The predicted octanol–water partition coefficient (Wildman–Crippen LogP) is 5.04. The van der Waals surface area contributed by atoms with Crippen LogP contribution in [0.1, 0.15) is 31.9 Å². The second-order valence-corrected chi connectivity index (χ2v) is 8.79. The fourth-order valence-corrected chi connectivity index (χ4v) is 4.86. The molecule has 1 aromatic heterocycles. The Morgan fingerprint density at radius 3 is 2.78 bits per heavy atom. The van der Waals surface area contributed by atoms with Crippen LogP contribution in [-0.4, -0.2) is 31.6 Å². The van der Waals surface area contributed by atoms with Gasteiger partial charge in [-0.05, 0) is 48.7 Å². The number of methoxy groups -OCH3 is 2. The number of ether oxygens (including phenoxy) is 4. The SMILES string of the molecule is COc1ccc(OC)c(/C=C2\Oc3c(cc4c(c3C)OCN(Cc3cccs3)C4)C2=O)c1. The summed E-state index contributed by atoms with van der Waals surface area (Å²) in [4.78, 5) is 16.7. The second-order valence-electron chi connectivity index (χ2n) is 7.75. The van der Waals surface area contributed by atoms with Crippen molar-refractivity contribution in [2.24, 2.45) is 0 Å². The molecule has 32 heavy (non-hydrogen) atoms. The molecular formula is C25H23NO5S. The number of ketones is 1. The van der Waals surface area contributed by atoms with E-state index in [2.05, 4.69) is 22.4 Å². The van der Waals surface area contributed by atoms with Crippen LogP contribution < -0.4 is 18.9 Å². The topological polar surface area (TPSA) is 57.2 Å². The van der Waals surface area contributed by atoms with Crippen LogP contribution in [0.2, 0.25) is 0 Å². The molecule has 0 N–H and O–H groups in total. The van der Waals surface area contributed by atoms with Crippen molar-refractivity contribution in [3.05, 3.63) is 74.7 Å². The predicted molar refractivity (Wildman–Crippen MR) is 123 cm³/mol. The highest BCUT2D eigenvalue weighted by atomic mass is 32.1. The third-order valence-corrected chi connectivity index (χ3v) is 6.55. The third kappa shape index (κ3) is 3.63. The van der Waals surface area contributed by atoms with E-state index in [1.54, 1.807) is 37.7 Å². The van der Waals surface area contributed by atoms with E-state index >= 15 is 0 Å². The summed E-state index contributed by atoms with van der Waals surface area (Å²) >= 11 is 1.73. The second kappa shape index (κ2) is 8.33. The van der Waals surface area contributed by atoms with E-state index in [0.29, 0.717) is 35.1 Å². The molecule has 2 aliphatic rings. The van der Waals surface area contributed by atoms with Gasteiger partial charge in [0, 0.05) is 34.7 Å². The number of hydrogen-bond donors (Lipinski definition) is 0. The van der Waals surface area contributed by atoms with Crippen LogP contribution in [0.15, 0.2) is 47.5 Å². The molecule has 0 bridgehead atoms. The van der Waals surface area contributed by atoms with Crippen molar-refractivity contribution in [2.75, 3.05) is 21.0 Å². The highest BCUT2D eigenvalue weighted by Crippen LogP contribution is 2.43. The van der Waals surface area contributed by atoms with Crippen LogP contribution in [-0.2, 0) is 13.1 Å². The molecule has 0 aliphatic carbocycles. The summed E-state index contributed by atoms with van der Waals surface area (Å²) in [5.74, 6) is 2.78. The summed E-state index contributed by atoms with van der Waals surface area (Å²) in [7, 11) is 3.19. The number of nitrogens with zero attached hydrogens (tertiary/aromatic N) is 1. The van der Waals surface area contributed by atoms with Gasteiger partial charge in [0.1, 0.15) is 29.7 Å². The van der Waals surface area contributed by atoms with Gasteiger partial charge in [-0.2, -0.15) is 0 Å². The fourth-order valence-electron chi connectivity index (χ4n) is 4.11. The van der Waals surface area contributed by atoms with E-state index in [4.69, 9.17) is 18.9 Å². The maximum atomic E-state index is 13.2. The largest absolute Gasteiger partial charge is 0.497 e. The van der Waals surface area contributed by atoms with Gasteiger partial charge in [-0.15, -0.1) is 11.3 Å². The molecule has 0 atom stereocenters. The molecule has 6 nitrogen and oxygen atoms in total. The van der Waals surface area contributed by atoms with E-state index in [1.165, 1.54) is 4.88 Å². The lowest BCUT2D eigenvalue weighted by molar-refractivity contribution is 0.0886. The number of thiophene rings is 1. The molecule has 2 aromatic carbocycles. The molecule has 2 aliphatic heterocycles. The Hall–Kier alpha value is -3.29. The fraction of sp³-hybridized carbons (Fsp3) is 0.240. The summed E-state index contributed by atoms with van der Waals surface area (Å²) < 4.78 is 22.9. The number of Topliss-reactive ketones (excluding diaryl/α,β-unsaturated/α-hetero) is 1. The molecule has 0 spiro atoms. The number of fused-ring (bicyclic) bond motifs is 2. The van der Waals surface area contributed by atoms with Crippen molar-refractivity contribution in [3.63, 3.8) is 0 Å².